The second-order valence-electron chi connectivity index (χ2n) is 6.39. The van der Waals surface area contributed by atoms with Crippen molar-refractivity contribution in [1.29, 1.82) is 0 Å². The number of thiazole rings is 1. The monoisotopic (exact) mass is 481 g/mol. The normalized spacial score (nSPS) is 10.6. The Morgan fingerprint density at radius 1 is 1.00 bits per heavy atom. The van der Waals surface area contributed by atoms with Crippen molar-refractivity contribution in [3.8, 4) is 11.3 Å². The van der Waals surface area contributed by atoms with Gasteiger partial charge in [0.25, 0.3) is 11.8 Å². The molecule has 4 aromatic rings. The lowest BCUT2D eigenvalue weighted by atomic mass is 10.1. The third-order valence-corrected chi connectivity index (χ3v) is 5.88. The molecule has 9 heteroatoms. The smallest absolute Gasteiger partial charge is 0.276 e. The van der Waals surface area contributed by atoms with E-state index in [1.165, 1.54) is 11.3 Å². The lowest BCUT2D eigenvalue weighted by Gasteiger charge is -2.05. The molecule has 0 bridgehead atoms. The largest absolute Gasteiger partial charge is 0.304 e. The lowest BCUT2D eigenvalue weighted by Crippen LogP contribution is -2.14. The molecule has 2 aromatic heterocycles. The van der Waals surface area contributed by atoms with Gasteiger partial charge in [-0.1, -0.05) is 48.5 Å². The van der Waals surface area contributed by atoms with E-state index in [1.807, 2.05) is 54.8 Å². The zero-order valence-electron chi connectivity index (χ0n) is 15.8. The SMILES string of the molecule is Cc1ccccc1C(=O)Nc1n[nH]c(C(=O)Nc2nc(-c3ccccc3)cs2)c1Br. The third kappa shape index (κ3) is 4.17. The number of nitrogens with zero attached hydrogens (tertiary/aromatic N) is 2. The molecular weight excluding hydrogens is 466 g/mol. The van der Waals surface area contributed by atoms with Crippen LogP contribution in [0.5, 0.6) is 0 Å². The van der Waals surface area contributed by atoms with Gasteiger partial charge in [0.15, 0.2) is 10.9 Å². The highest BCUT2D eigenvalue weighted by atomic mass is 79.9. The van der Waals surface area contributed by atoms with Gasteiger partial charge in [-0.3, -0.25) is 20.0 Å². The minimum absolute atomic E-state index is 0.187. The number of hydrogen-bond acceptors (Lipinski definition) is 5. The Balaban J connectivity index is 1.47. The van der Waals surface area contributed by atoms with Crippen LogP contribution in [-0.2, 0) is 0 Å². The predicted molar refractivity (Wildman–Crippen MR) is 121 cm³/mol. The number of anilines is 2. The quantitative estimate of drug-likeness (QED) is 0.368. The van der Waals surface area contributed by atoms with Gasteiger partial charge in [-0.05, 0) is 34.5 Å². The van der Waals surface area contributed by atoms with Gasteiger partial charge in [0.1, 0.15) is 5.69 Å². The molecule has 0 spiro atoms. The van der Waals surface area contributed by atoms with Crippen molar-refractivity contribution in [1.82, 2.24) is 15.2 Å². The summed E-state index contributed by atoms with van der Waals surface area (Å²) in [4.78, 5) is 29.6. The molecule has 7 nitrogen and oxygen atoms in total. The first-order valence-corrected chi connectivity index (χ1v) is 10.6. The van der Waals surface area contributed by atoms with Crippen molar-refractivity contribution >= 4 is 50.0 Å². The molecule has 2 amide bonds. The maximum Gasteiger partial charge on any atom is 0.276 e. The Kier molecular flexibility index (Phi) is 5.73. The van der Waals surface area contributed by atoms with E-state index in [9.17, 15) is 9.59 Å². The fraction of sp³-hybridized carbons (Fsp3) is 0.0476. The Morgan fingerprint density at radius 2 is 1.73 bits per heavy atom. The van der Waals surface area contributed by atoms with Crippen LogP contribution in [-0.4, -0.2) is 27.0 Å². The Hall–Kier alpha value is -3.30. The first-order chi connectivity index (χ1) is 14.5. The van der Waals surface area contributed by atoms with Crippen LogP contribution in [0, 0.1) is 6.92 Å². The van der Waals surface area contributed by atoms with E-state index in [0.29, 0.717) is 15.2 Å². The van der Waals surface area contributed by atoms with Crippen LogP contribution in [0.15, 0.2) is 64.5 Å². The highest BCUT2D eigenvalue weighted by Gasteiger charge is 2.20. The topological polar surface area (TPSA) is 99.8 Å². The molecule has 0 radical (unpaired) electrons. The van der Waals surface area contributed by atoms with Gasteiger partial charge in [-0.25, -0.2) is 4.98 Å². The number of nitrogens with one attached hydrogen (secondary N) is 3. The molecule has 0 aliphatic carbocycles. The van der Waals surface area contributed by atoms with Crippen LogP contribution in [0.25, 0.3) is 11.3 Å². The number of amides is 2. The van der Waals surface area contributed by atoms with Crippen LogP contribution < -0.4 is 10.6 Å². The van der Waals surface area contributed by atoms with Gasteiger partial charge in [-0.2, -0.15) is 5.10 Å². The fourth-order valence-corrected chi connectivity index (χ4v) is 3.97. The summed E-state index contributed by atoms with van der Waals surface area (Å²) >= 11 is 4.67. The Morgan fingerprint density at radius 3 is 2.50 bits per heavy atom. The van der Waals surface area contributed by atoms with Gasteiger partial charge in [0, 0.05) is 16.5 Å². The van der Waals surface area contributed by atoms with Crippen LogP contribution in [0.1, 0.15) is 26.4 Å². The standard InChI is InChI=1S/C21H16BrN5O2S/c1-12-7-5-6-10-14(12)19(28)24-18-16(22)17(26-27-18)20(29)25-21-23-15(11-30-21)13-8-3-2-4-9-13/h2-11H,1H3,(H,23,25,29)(H2,24,26,27,28). The van der Waals surface area contributed by atoms with E-state index >= 15 is 0 Å². The molecule has 150 valence electrons. The first-order valence-electron chi connectivity index (χ1n) is 8.96. The molecule has 2 aromatic carbocycles. The Labute approximate surface area is 184 Å². The summed E-state index contributed by atoms with van der Waals surface area (Å²) < 4.78 is 0.363. The molecule has 3 N–H and O–H groups in total. The van der Waals surface area contributed by atoms with E-state index < -0.39 is 5.91 Å². The van der Waals surface area contributed by atoms with Crippen molar-refractivity contribution in [3.05, 3.63) is 81.3 Å². The maximum atomic E-state index is 12.6. The number of aromatic nitrogens is 3. The van der Waals surface area contributed by atoms with E-state index in [-0.39, 0.29) is 17.4 Å². The molecule has 0 aliphatic heterocycles. The third-order valence-electron chi connectivity index (χ3n) is 4.35. The fourth-order valence-electron chi connectivity index (χ4n) is 2.80. The second kappa shape index (κ2) is 8.60. The lowest BCUT2D eigenvalue weighted by molar-refractivity contribution is 0.101. The number of H-pyrrole nitrogens is 1. The van der Waals surface area contributed by atoms with Crippen molar-refractivity contribution in [2.24, 2.45) is 0 Å². The van der Waals surface area contributed by atoms with E-state index in [1.54, 1.807) is 12.1 Å². The molecule has 0 unspecified atom stereocenters. The molecule has 0 saturated carbocycles. The molecule has 4 rings (SSSR count). The number of carbonyl (C=O) groups is 2. The minimum Gasteiger partial charge on any atom is -0.304 e. The highest BCUT2D eigenvalue weighted by Crippen LogP contribution is 2.28. The number of aromatic amines is 1. The van der Waals surface area contributed by atoms with Crippen molar-refractivity contribution < 1.29 is 9.59 Å². The number of benzene rings is 2. The summed E-state index contributed by atoms with van der Waals surface area (Å²) in [6, 6.07) is 16.9. The van der Waals surface area contributed by atoms with Gasteiger partial charge in [0.2, 0.25) is 0 Å². The van der Waals surface area contributed by atoms with Gasteiger partial charge < -0.3 is 5.32 Å². The van der Waals surface area contributed by atoms with E-state index in [4.69, 9.17) is 0 Å². The van der Waals surface area contributed by atoms with Crippen LogP contribution in [0.3, 0.4) is 0 Å². The minimum atomic E-state index is -0.417. The van der Waals surface area contributed by atoms with E-state index in [2.05, 4.69) is 41.7 Å². The maximum absolute atomic E-state index is 12.6. The van der Waals surface area contributed by atoms with E-state index in [0.717, 1.165) is 16.8 Å². The molecule has 0 saturated heterocycles. The second-order valence-corrected chi connectivity index (χ2v) is 8.04. The zero-order chi connectivity index (χ0) is 21.1. The summed E-state index contributed by atoms with van der Waals surface area (Å²) in [5.41, 5.74) is 3.32. The van der Waals surface area contributed by atoms with Gasteiger partial charge in [0.05, 0.1) is 10.2 Å². The van der Waals surface area contributed by atoms with Crippen LogP contribution in [0.4, 0.5) is 10.9 Å². The number of aryl methyl sites for hydroxylation is 1. The number of rotatable bonds is 5. The summed E-state index contributed by atoms with van der Waals surface area (Å²) in [6.45, 7) is 1.85. The molecular formula is C21H16BrN5O2S. The van der Waals surface area contributed by atoms with Crippen LogP contribution in [0.2, 0.25) is 0 Å². The van der Waals surface area contributed by atoms with Gasteiger partial charge in [-0.15, -0.1) is 11.3 Å². The average Bonchev–Trinajstić information content (AvgIpc) is 3.36. The molecule has 0 fully saturated rings. The number of hydrogen-bond donors (Lipinski definition) is 3. The van der Waals surface area contributed by atoms with Crippen molar-refractivity contribution in [2.75, 3.05) is 10.6 Å². The molecule has 0 atom stereocenters. The zero-order valence-corrected chi connectivity index (χ0v) is 18.2. The summed E-state index contributed by atoms with van der Waals surface area (Å²) in [5, 5.41) is 14.5. The molecule has 0 aliphatic rings. The van der Waals surface area contributed by atoms with Gasteiger partial charge >= 0.3 is 0 Å². The predicted octanol–water partition coefficient (Wildman–Crippen LogP) is 5.11. The highest BCUT2D eigenvalue weighted by molar-refractivity contribution is 9.10. The average molecular weight is 482 g/mol. The summed E-state index contributed by atoms with van der Waals surface area (Å²) in [5.74, 6) is -0.489. The summed E-state index contributed by atoms with van der Waals surface area (Å²) in [6.07, 6.45) is 0. The summed E-state index contributed by atoms with van der Waals surface area (Å²) in [7, 11) is 0. The number of halogens is 1. The van der Waals surface area contributed by atoms with Crippen molar-refractivity contribution in [3.63, 3.8) is 0 Å². The number of carbonyl (C=O) groups excluding carboxylic acids is 2. The first kappa shape index (κ1) is 20.0. The molecule has 2 heterocycles. The Bertz CT molecular complexity index is 1220. The molecule has 30 heavy (non-hydrogen) atoms. The van der Waals surface area contributed by atoms with Crippen molar-refractivity contribution in [2.45, 2.75) is 6.92 Å². The van der Waals surface area contributed by atoms with Crippen LogP contribution >= 0.6 is 27.3 Å².